The van der Waals surface area contributed by atoms with Crippen molar-refractivity contribution in [2.45, 2.75) is 26.3 Å². The summed E-state index contributed by atoms with van der Waals surface area (Å²) in [4.78, 5) is 25.4. The van der Waals surface area contributed by atoms with E-state index in [0.29, 0.717) is 32.5 Å². The summed E-state index contributed by atoms with van der Waals surface area (Å²) in [5.41, 5.74) is 2.10. The molecule has 2 aromatic rings. The minimum Gasteiger partial charge on any atom is -0.466 e. The minimum atomic E-state index is -0.165. The third-order valence-corrected chi connectivity index (χ3v) is 3.82. The van der Waals surface area contributed by atoms with E-state index in [2.05, 4.69) is 20.3 Å². The Labute approximate surface area is 177 Å². The number of benzene rings is 1. The lowest BCUT2D eigenvalue weighted by molar-refractivity contribution is -0.143. The standard InChI is InChI=1S/C19H27N5O2.HI/c1-4-26-18(25)11-8-12-21-19(20-2)24(3)14-17-22-13-16(23-17)15-9-6-5-7-10-15;/h5-7,9-10,13H,4,8,11-12,14H2,1-3H3,(H,20,21)(H,22,23);1H. The van der Waals surface area contributed by atoms with Crippen LogP contribution in [0.25, 0.3) is 11.3 Å². The van der Waals surface area contributed by atoms with E-state index >= 15 is 0 Å². The summed E-state index contributed by atoms with van der Waals surface area (Å²) in [7, 11) is 3.69. The number of aromatic nitrogens is 2. The first-order valence-electron chi connectivity index (χ1n) is 8.80. The molecule has 0 bridgehead atoms. The maximum atomic E-state index is 11.3. The SMILES string of the molecule is CCOC(=O)CCCNC(=NC)N(C)Cc1ncc(-c2ccccc2)[nH]1.I. The van der Waals surface area contributed by atoms with Crippen molar-refractivity contribution < 1.29 is 9.53 Å². The molecule has 1 aromatic carbocycles. The summed E-state index contributed by atoms with van der Waals surface area (Å²) < 4.78 is 4.92. The topological polar surface area (TPSA) is 82.6 Å². The second-order valence-electron chi connectivity index (χ2n) is 5.85. The Kier molecular flexibility index (Phi) is 10.5. The first-order valence-corrected chi connectivity index (χ1v) is 8.80. The molecule has 0 saturated heterocycles. The van der Waals surface area contributed by atoms with Gasteiger partial charge in [-0.25, -0.2) is 4.98 Å². The van der Waals surface area contributed by atoms with Gasteiger partial charge in [0.1, 0.15) is 5.82 Å². The highest BCUT2D eigenvalue weighted by molar-refractivity contribution is 14.0. The summed E-state index contributed by atoms with van der Waals surface area (Å²) in [6, 6.07) is 10.1. The van der Waals surface area contributed by atoms with Crippen molar-refractivity contribution in [2.75, 3.05) is 27.2 Å². The smallest absolute Gasteiger partial charge is 0.305 e. The number of halogens is 1. The fourth-order valence-electron chi connectivity index (χ4n) is 2.56. The van der Waals surface area contributed by atoms with Crippen LogP contribution in [0.15, 0.2) is 41.5 Å². The fraction of sp³-hybridized carbons (Fsp3) is 0.421. The number of nitrogens with zero attached hydrogens (tertiary/aromatic N) is 3. The molecule has 1 aromatic heterocycles. The monoisotopic (exact) mass is 485 g/mol. The van der Waals surface area contributed by atoms with Gasteiger partial charge in [0.15, 0.2) is 5.96 Å². The van der Waals surface area contributed by atoms with Gasteiger partial charge in [-0.15, -0.1) is 24.0 Å². The van der Waals surface area contributed by atoms with Crippen molar-refractivity contribution in [1.29, 1.82) is 0 Å². The van der Waals surface area contributed by atoms with Gasteiger partial charge in [-0.05, 0) is 18.9 Å². The van der Waals surface area contributed by atoms with Gasteiger partial charge in [0, 0.05) is 27.1 Å². The Balaban J connectivity index is 0.00000364. The van der Waals surface area contributed by atoms with E-state index in [1.54, 1.807) is 7.05 Å². The van der Waals surface area contributed by atoms with E-state index < -0.39 is 0 Å². The van der Waals surface area contributed by atoms with Crippen LogP contribution in [-0.4, -0.2) is 54.0 Å². The van der Waals surface area contributed by atoms with Crippen molar-refractivity contribution in [1.82, 2.24) is 20.2 Å². The minimum absolute atomic E-state index is 0. The Morgan fingerprint density at radius 2 is 2.07 bits per heavy atom. The van der Waals surface area contributed by atoms with Crippen molar-refractivity contribution in [2.24, 2.45) is 4.99 Å². The van der Waals surface area contributed by atoms with Crippen LogP contribution in [0.2, 0.25) is 0 Å². The Hall–Kier alpha value is -2.10. The normalized spacial score (nSPS) is 10.9. The van der Waals surface area contributed by atoms with Crippen LogP contribution in [-0.2, 0) is 16.1 Å². The van der Waals surface area contributed by atoms with Crippen LogP contribution in [0.1, 0.15) is 25.6 Å². The molecule has 0 unspecified atom stereocenters. The lowest BCUT2D eigenvalue weighted by Crippen LogP contribution is -2.39. The molecule has 8 heteroatoms. The van der Waals surface area contributed by atoms with E-state index in [1.165, 1.54) is 0 Å². The zero-order valence-corrected chi connectivity index (χ0v) is 18.4. The summed E-state index contributed by atoms with van der Waals surface area (Å²) >= 11 is 0. The predicted octanol–water partition coefficient (Wildman–Crippen LogP) is 3.05. The largest absolute Gasteiger partial charge is 0.466 e. The summed E-state index contributed by atoms with van der Waals surface area (Å²) in [6.07, 6.45) is 2.94. The van der Waals surface area contributed by atoms with Gasteiger partial charge in [0.2, 0.25) is 0 Å². The van der Waals surface area contributed by atoms with Gasteiger partial charge in [-0.2, -0.15) is 0 Å². The zero-order chi connectivity index (χ0) is 18.8. The third kappa shape index (κ3) is 7.58. The number of ether oxygens (including phenoxy) is 1. The highest BCUT2D eigenvalue weighted by Crippen LogP contribution is 2.16. The fourth-order valence-corrected chi connectivity index (χ4v) is 2.56. The van der Waals surface area contributed by atoms with E-state index in [0.717, 1.165) is 23.0 Å². The molecule has 0 radical (unpaired) electrons. The van der Waals surface area contributed by atoms with Crippen LogP contribution in [0.5, 0.6) is 0 Å². The van der Waals surface area contributed by atoms with Gasteiger partial charge in [-0.1, -0.05) is 30.3 Å². The average molecular weight is 485 g/mol. The first-order chi connectivity index (χ1) is 12.6. The summed E-state index contributed by atoms with van der Waals surface area (Å²) in [5.74, 6) is 1.45. The van der Waals surface area contributed by atoms with Crippen molar-refractivity contribution in [3.05, 3.63) is 42.4 Å². The van der Waals surface area contributed by atoms with E-state index in [4.69, 9.17) is 4.74 Å². The van der Waals surface area contributed by atoms with Gasteiger partial charge >= 0.3 is 5.97 Å². The number of aliphatic imine (C=N–C) groups is 1. The highest BCUT2D eigenvalue weighted by atomic mass is 127. The van der Waals surface area contributed by atoms with Crippen LogP contribution < -0.4 is 5.32 Å². The molecular weight excluding hydrogens is 457 g/mol. The number of aromatic amines is 1. The molecule has 0 aliphatic rings. The summed E-state index contributed by atoms with van der Waals surface area (Å²) in [5, 5.41) is 3.25. The predicted molar refractivity (Wildman–Crippen MR) is 118 cm³/mol. The quantitative estimate of drug-likeness (QED) is 0.198. The number of carbonyl (C=O) groups is 1. The van der Waals surface area contributed by atoms with E-state index in [-0.39, 0.29) is 29.9 Å². The molecule has 0 aliphatic heterocycles. The molecule has 2 N–H and O–H groups in total. The maximum absolute atomic E-state index is 11.3. The van der Waals surface area contributed by atoms with Crippen molar-refractivity contribution in [3.8, 4) is 11.3 Å². The molecule has 0 aliphatic carbocycles. The van der Waals surface area contributed by atoms with Crippen molar-refractivity contribution in [3.63, 3.8) is 0 Å². The molecule has 148 valence electrons. The second kappa shape index (κ2) is 12.3. The second-order valence-corrected chi connectivity index (χ2v) is 5.85. The molecule has 27 heavy (non-hydrogen) atoms. The maximum Gasteiger partial charge on any atom is 0.305 e. The van der Waals surface area contributed by atoms with Crippen LogP contribution in [0, 0.1) is 0 Å². The average Bonchev–Trinajstić information content (AvgIpc) is 3.11. The van der Waals surface area contributed by atoms with Gasteiger partial charge in [-0.3, -0.25) is 9.79 Å². The van der Waals surface area contributed by atoms with Crippen LogP contribution >= 0.6 is 24.0 Å². The Bertz CT molecular complexity index is 718. The van der Waals surface area contributed by atoms with Crippen molar-refractivity contribution >= 4 is 35.9 Å². The summed E-state index contributed by atoms with van der Waals surface area (Å²) in [6.45, 7) is 3.49. The molecule has 1 heterocycles. The lowest BCUT2D eigenvalue weighted by Gasteiger charge is -2.21. The lowest BCUT2D eigenvalue weighted by atomic mass is 10.2. The molecule has 0 saturated carbocycles. The van der Waals surface area contributed by atoms with Crippen LogP contribution in [0.4, 0.5) is 0 Å². The zero-order valence-electron chi connectivity index (χ0n) is 16.1. The van der Waals surface area contributed by atoms with Gasteiger partial charge < -0.3 is 19.9 Å². The number of rotatable bonds is 8. The van der Waals surface area contributed by atoms with Gasteiger partial charge in [0.25, 0.3) is 0 Å². The molecule has 0 atom stereocenters. The molecule has 0 fully saturated rings. The van der Waals surface area contributed by atoms with Crippen LogP contribution in [0.3, 0.4) is 0 Å². The Morgan fingerprint density at radius 1 is 1.33 bits per heavy atom. The molecule has 0 spiro atoms. The van der Waals surface area contributed by atoms with Gasteiger partial charge in [0.05, 0.1) is 25.0 Å². The number of nitrogens with one attached hydrogen (secondary N) is 2. The van der Waals surface area contributed by atoms with E-state index in [1.807, 2.05) is 55.4 Å². The molecular formula is C19H28IN5O2. The number of esters is 1. The first kappa shape index (κ1) is 22.9. The third-order valence-electron chi connectivity index (χ3n) is 3.82. The number of carbonyl (C=O) groups excluding carboxylic acids is 1. The molecule has 0 amide bonds. The number of guanidine groups is 1. The highest BCUT2D eigenvalue weighted by Gasteiger charge is 2.10. The number of hydrogen-bond donors (Lipinski definition) is 2. The molecule has 7 nitrogen and oxygen atoms in total. The molecule has 2 rings (SSSR count). The number of H-pyrrole nitrogens is 1. The Morgan fingerprint density at radius 3 is 2.74 bits per heavy atom. The number of imidazole rings is 1. The number of hydrogen-bond acceptors (Lipinski definition) is 4. The van der Waals surface area contributed by atoms with E-state index in [9.17, 15) is 4.79 Å².